The lowest BCUT2D eigenvalue weighted by atomic mass is 10.3. The zero-order valence-corrected chi connectivity index (χ0v) is 8.31. The summed E-state index contributed by atoms with van der Waals surface area (Å²) in [5.41, 5.74) is 7.20. The normalized spacial score (nSPS) is 9.40. The predicted octanol–water partition coefficient (Wildman–Crippen LogP) is 0.797. The molecule has 0 aliphatic heterocycles. The van der Waals surface area contributed by atoms with Crippen LogP contribution in [-0.4, -0.2) is 14.8 Å². The first-order valence-corrected chi connectivity index (χ1v) is 4.47. The average molecular weight is 198 g/mol. The lowest BCUT2D eigenvalue weighted by molar-refractivity contribution is 0.762. The lowest BCUT2D eigenvalue weighted by Gasteiger charge is -1.89. The maximum atomic E-state index is 5.54. The van der Waals surface area contributed by atoms with E-state index in [1.807, 2.05) is 19.2 Å². The van der Waals surface area contributed by atoms with Gasteiger partial charge in [-0.3, -0.25) is 9.67 Å². The van der Waals surface area contributed by atoms with Gasteiger partial charge in [0.25, 0.3) is 0 Å². The first-order valence-electron chi connectivity index (χ1n) is 4.47. The fraction of sp³-hybridized carbons (Fsp3) is 0.0909. The second-order valence-electron chi connectivity index (χ2n) is 3.07. The van der Waals surface area contributed by atoms with Crippen LogP contribution in [0.2, 0.25) is 0 Å². The maximum absolute atomic E-state index is 5.54. The van der Waals surface area contributed by atoms with Crippen LogP contribution in [0.4, 0.5) is 5.82 Å². The zero-order valence-electron chi connectivity index (χ0n) is 8.31. The number of rotatable bonds is 0. The molecule has 0 saturated carbocycles. The van der Waals surface area contributed by atoms with Gasteiger partial charge in [-0.2, -0.15) is 5.10 Å². The standard InChI is InChI=1S/C11H10N4/c1-15-10(7-11(12)14-15)5-4-9-3-2-6-13-8-9/h2-3,6-8H,1H3,(H2,12,14). The molecule has 4 heteroatoms. The average Bonchev–Trinajstić information content (AvgIpc) is 2.56. The SMILES string of the molecule is Cn1nc(N)cc1C#Cc1cccnc1. The Hall–Kier alpha value is -2.28. The van der Waals surface area contributed by atoms with Crippen LogP contribution in [0.3, 0.4) is 0 Å². The summed E-state index contributed by atoms with van der Waals surface area (Å²) in [4.78, 5) is 3.97. The van der Waals surface area contributed by atoms with Crippen LogP contribution in [0.15, 0.2) is 30.6 Å². The molecule has 0 aliphatic carbocycles. The van der Waals surface area contributed by atoms with Crippen LogP contribution in [-0.2, 0) is 7.05 Å². The molecule has 0 fully saturated rings. The van der Waals surface area contributed by atoms with E-state index >= 15 is 0 Å². The van der Waals surface area contributed by atoms with Gasteiger partial charge in [-0.05, 0) is 18.1 Å². The molecule has 0 amide bonds. The summed E-state index contributed by atoms with van der Waals surface area (Å²) in [6.45, 7) is 0. The van der Waals surface area contributed by atoms with Crippen molar-refractivity contribution in [3.05, 3.63) is 41.9 Å². The monoisotopic (exact) mass is 198 g/mol. The second kappa shape index (κ2) is 3.84. The van der Waals surface area contributed by atoms with E-state index in [4.69, 9.17) is 5.73 Å². The van der Waals surface area contributed by atoms with Gasteiger partial charge in [0.1, 0.15) is 11.5 Å². The molecule has 2 rings (SSSR count). The number of nitrogens with two attached hydrogens (primary N) is 1. The summed E-state index contributed by atoms with van der Waals surface area (Å²) < 4.78 is 1.65. The Balaban J connectivity index is 2.30. The molecule has 0 atom stereocenters. The molecular formula is C11H10N4. The maximum Gasteiger partial charge on any atom is 0.146 e. The molecule has 0 radical (unpaired) electrons. The Kier molecular flexibility index (Phi) is 2.38. The van der Waals surface area contributed by atoms with Gasteiger partial charge in [0.05, 0.1) is 0 Å². The highest BCUT2D eigenvalue weighted by molar-refractivity contribution is 5.43. The molecule has 0 aromatic carbocycles. The summed E-state index contributed by atoms with van der Waals surface area (Å²) in [5.74, 6) is 6.45. The first kappa shape index (κ1) is 9.28. The Bertz CT molecular complexity index is 517. The number of nitrogens with zero attached hydrogens (tertiary/aromatic N) is 3. The zero-order chi connectivity index (χ0) is 10.7. The van der Waals surface area contributed by atoms with Crippen molar-refractivity contribution >= 4 is 5.82 Å². The highest BCUT2D eigenvalue weighted by atomic mass is 15.3. The summed E-state index contributed by atoms with van der Waals surface area (Å²) in [5, 5.41) is 4.00. The van der Waals surface area contributed by atoms with E-state index in [1.165, 1.54) is 0 Å². The van der Waals surface area contributed by atoms with Gasteiger partial charge in [0.15, 0.2) is 0 Å². The van der Waals surface area contributed by atoms with E-state index < -0.39 is 0 Å². The topological polar surface area (TPSA) is 56.7 Å². The minimum atomic E-state index is 0.480. The van der Waals surface area contributed by atoms with Crippen LogP contribution < -0.4 is 5.73 Å². The number of pyridine rings is 1. The Morgan fingerprint density at radius 3 is 2.87 bits per heavy atom. The van der Waals surface area contributed by atoms with Gasteiger partial charge in [-0.15, -0.1) is 0 Å². The molecule has 2 N–H and O–H groups in total. The molecule has 0 unspecified atom stereocenters. The number of hydrogen-bond acceptors (Lipinski definition) is 3. The van der Waals surface area contributed by atoms with Crippen LogP contribution in [0.1, 0.15) is 11.3 Å². The first-order chi connectivity index (χ1) is 7.25. The minimum Gasteiger partial charge on any atom is -0.382 e. The predicted molar refractivity (Wildman–Crippen MR) is 57.8 cm³/mol. The van der Waals surface area contributed by atoms with E-state index in [0.717, 1.165) is 11.3 Å². The van der Waals surface area contributed by atoms with Crippen molar-refractivity contribution in [1.82, 2.24) is 14.8 Å². The van der Waals surface area contributed by atoms with Crippen LogP contribution in [0.5, 0.6) is 0 Å². The molecule has 0 saturated heterocycles. The van der Waals surface area contributed by atoms with Crippen molar-refractivity contribution in [3.8, 4) is 11.8 Å². The van der Waals surface area contributed by atoms with Gasteiger partial charge in [0, 0.05) is 31.1 Å². The smallest absolute Gasteiger partial charge is 0.146 e. The number of hydrogen-bond donors (Lipinski definition) is 1. The van der Waals surface area contributed by atoms with Gasteiger partial charge < -0.3 is 5.73 Å². The van der Waals surface area contributed by atoms with Crippen molar-refractivity contribution in [2.24, 2.45) is 7.05 Å². The fourth-order valence-corrected chi connectivity index (χ4v) is 1.18. The van der Waals surface area contributed by atoms with Crippen LogP contribution in [0.25, 0.3) is 0 Å². The van der Waals surface area contributed by atoms with Gasteiger partial charge in [0.2, 0.25) is 0 Å². The molecule has 4 nitrogen and oxygen atoms in total. The van der Waals surface area contributed by atoms with E-state index in [1.54, 1.807) is 23.1 Å². The number of anilines is 1. The Labute approximate surface area is 87.7 Å². The highest BCUT2D eigenvalue weighted by Gasteiger charge is 1.97. The fourth-order valence-electron chi connectivity index (χ4n) is 1.18. The lowest BCUT2D eigenvalue weighted by Crippen LogP contribution is -1.94. The quantitative estimate of drug-likeness (QED) is 0.637. The molecule has 15 heavy (non-hydrogen) atoms. The van der Waals surface area contributed by atoms with Gasteiger partial charge in [-0.25, -0.2) is 0 Å². The molecule has 74 valence electrons. The number of aryl methyl sites for hydroxylation is 1. The molecule has 0 aliphatic rings. The number of aromatic nitrogens is 3. The van der Waals surface area contributed by atoms with Crippen molar-refractivity contribution in [2.75, 3.05) is 5.73 Å². The molecule has 2 aromatic rings. The van der Waals surface area contributed by atoms with E-state index in [9.17, 15) is 0 Å². The van der Waals surface area contributed by atoms with E-state index in [-0.39, 0.29) is 0 Å². The third-order valence-corrected chi connectivity index (χ3v) is 1.90. The van der Waals surface area contributed by atoms with Crippen molar-refractivity contribution in [1.29, 1.82) is 0 Å². The third kappa shape index (κ3) is 2.15. The summed E-state index contributed by atoms with van der Waals surface area (Å²) in [6, 6.07) is 5.49. The van der Waals surface area contributed by atoms with Crippen molar-refractivity contribution in [2.45, 2.75) is 0 Å². The van der Waals surface area contributed by atoms with E-state index in [2.05, 4.69) is 21.9 Å². The molecule has 0 spiro atoms. The highest BCUT2D eigenvalue weighted by Crippen LogP contribution is 2.02. The summed E-state index contributed by atoms with van der Waals surface area (Å²) in [6.07, 6.45) is 3.43. The molecular weight excluding hydrogens is 188 g/mol. The van der Waals surface area contributed by atoms with Crippen LogP contribution >= 0.6 is 0 Å². The second-order valence-corrected chi connectivity index (χ2v) is 3.07. The Morgan fingerprint density at radius 1 is 1.40 bits per heavy atom. The third-order valence-electron chi connectivity index (χ3n) is 1.90. The van der Waals surface area contributed by atoms with Crippen molar-refractivity contribution in [3.63, 3.8) is 0 Å². The minimum absolute atomic E-state index is 0.480. The van der Waals surface area contributed by atoms with Gasteiger partial charge in [-0.1, -0.05) is 5.92 Å². The largest absolute Gasteiger partial charge is 0.382 e. The molecule has 2 aromatic heterocycles. The van der Waals surface area contributed by atoms with Gasteiger partial charge >= 0.3 is 0 Å². The van der Waals surface area contributed by atoms with E-state index in [0.29, 0.717) is 5.82 Å². The van der Waals surface area contributed by atoms with Crippen molar-refractivity contribution < 1.29 is 0 Å². The van der Waals surface area contributed by atoms with Crippen LogP contribution in [0, 0.1) is 11.8 Å². The molecule has 0 bridgehead atoms. The summed E-state index contributed by atoms with van der Waals surface area (Å²) in [7, 11) is 1.81. The summed E-state index contributed by atoms with van der Waals surface area (Å²) >= 11 is 0. The number of nitrogen functional groups attached to an aromatic ring is 1. The Morgan fingerprint density at radius 2 is 2.27 bits per heavy atom. The molecule has 2 heterocycles.